The van der Waals surface area contributed by atoms with Gasteiger partial charge in [0, 0.05) is 6.04 Å². The van der Waals surface area contributed by atoms with E-state index in [-0.39, 0.29) is 0 Å². The normalized spacial score (nSPS) is 25.2. The highest BCUT2D eigenvalue weighted by Gasteiger charge is 2.49. The van der Waals surface area contributed by atoms with Gasteiger partial charge in [0.25, 0.3) is 0 Å². The standard InChI is InChI=1S/C13H28N2/c1-4-5-6-7-8-9-12(15-14)11-10-13(11,2)3/h11-12,15H,4-10,14H2,1-3H3. The van der Waals surface area contributed by atoms with Crippen molar-refractivity contribution >= 4 is 0 Å². The Hall–Kier alpha value is -0.0800. The van der Waals surface area contributed by atoms with Crippen molar-refractivity contribution in [3.8, 4) is 0 Å². The number of hydrogen-bond acceptors (Lipinski definition) is 2. The molecule has 1 saturated carbocycles. The molecule has 0 aliphatic heterocycles. The van der Waals surface area contributed by atoms with E-state index in [0.717, 1.165) is 5.92 Å². The average Bonchev–Trinajstić information content (AvgIpc) is 2.81. The third-order valence-corrected chi connectivity index (χ3v) is 3.91. The molecular formula is C13H28N2. The van der Waals surface area contributed by atoms with Gasteiger partial charge in [0.15, 0.2) is 0 Å². The van der Waals surface area contributed by atoms with Gasteiger partial charge in [0.2, 0.25) is 0 Å². The molecule has 0 saturated heterocycles. The van der Waals surface area contributed by atoms with Gasteiger partial charge in [0.05, 0.1) is 0 Å². The van der Waals surface area contributed by atoms with Crippen LogP contribution in [0.15, 0.2) is 0 Å². The fraction of sp³-hybridized carbons (Fsp3) is 1.00. The number of hydrazine groups is 1. The summed E-state index contributed by atoms with van der Waals surface area (Å²) < 4.78 is 0. The predicted molar refractivity (Wildman–Crippen MR) is 66.4 cm³/mol. The number of unbranched alkanes of at least 4 members (excludes halogenated alkanes) is 4. The van der Waals surface area contributed by atoms with Crippen molar-refractivity contribution in [3.05, 3.63) is 0 Å². The van der Waals surface area contributed by atoms with E-state index in [9.17, 15) is 0 Å². The van der Waals surface area contributed by atoms with Crippen LogP contribution in [-0.2, 0) is 0 Å². The highest BCUT2D eigenvalue weighted by Crippen LogP contribution is 2.54. The minimum Gasteiger partial charge on any atom is -0.271 e. The Morgan fingerprint density at radius 2 is 1.87 bits per heavy atom. The Bertz CT molecular complexity index is 177. The number of hydrogen-bond donors (Lipinski definition) is 2. The lowest BCUT2D eigenvalue weighted by Crippen LogP contribution is -2.37. The Morgan fingerprint density at radius 3 is 2.33 bits per heavy atom. The lowest BCUT2D eigenvalue weighted by Gasteiger charge is -2.17. The molecule has 0 aromatic heterocycles. The van der Waals surface area contributed by atoms with Crippen LogP contribution >= 0.6 is 0 Å². The fourth-order valence-corrected chi connectivity index (χ4v) is 2.56. The maximum atomic E-state index is 5.63. The van der Waals surface area contributed by atoms with Gasteiger partial charge in [-0.2, -0.15) is 0 Å². The summed E-state index contributed by atoms with van der Waals surface area (Å²) in [5, 5.41) is 0. The molecule has 0 bridgehead atoms. The second kappa shape index (κ2) is 5.86. The van der Waals surface area contributed by atoms with Crippen LogP contribution in [0.4, 0.5) is 0 Å². The number of nitrogens with two attached hydrogens (primary N) is 1. The van der Waals surface area contributed by atoms with Crippen molar-refractivity contribution in [2.24, 2.45) is 17.2 Å². The minimum absolute atomic E-state index is 0.542. The van der Waals surface area contributed by atoms with Crippen molar-refractivity contribution in [1.29, 1.82) is 0 Å². The van der Waals surface area contributed by atoms with E-state index < -0.39 is 0 Å². The molecule has 3 N–H and O–H groups in total. The topological polar surface area (TPSA) is 38.0 Å². The van der Waals surface area contributed by atoms with Gasteiger partial charge < -0.3 is 0 Å². The Kier molecular flexibility index (Phi) is 5.07. The van der Waals surface area contributed by atoms with Crippen LogP contribution in [0.2, 0.25) is 0 Å². The quantitative estimate of drug-likeness (QED) is 0.368. The van der Waals surface area contributed by atoms with Crippen molar-refractivity contribution in [2.75, 3.05) is 0 Å². The molecule has 0 spiro atoms. The van der Waals surface area contributed by atoms with Crippen LogP contribution in [0.3, 0.4) is 0 Å². The average molecular weight is 212 g/mol. The zero-order chi connectivity index (χ0) is 11.3. The molecule has 2 atom stereocenters. The molecule has 2 nitrogen and oxygen atoms in total. The van der Waals surface area contributed by atoms with Gasteiger partial charge in [-0.15, -0.1) is 0 Å². The predicted octanol–water partition coefficient (Wildman–Crippen LogP) is 3.22. The van der Waals surface area contributed by atoms with Gasteiger partial charge in [0.1, 0.15) is 0 Å². The first-order valence-corrected chi connectivity index (χ1v) is 6.58. The SMILES string of the molecule is CCCCCCCC(NN)C1CC1(C)C. The summed E-state index contributed by atoms with van der Waals surface area (Å²) in [7, 11) is 0. The van der Waals surface area contributed by atoms with Crippen LogP contribution in [0.25, 0.3) is 0 Å². The Morgan fingerprint density at radius 1 is 1.27 bits per heavy atom. The molecule has 0 heterocycles. The molecule has 1 aliphatic carbocycles. The van der Waals surface area contributed by atoms with E-state index in [1.54, 1.807) is 0 Å². The Labute approximate surface area is 95.0 Å². The van der Waals surface area contributed by atoms with Crippen molar-refractivity contribution in [1.82, 2.24) is 5.43 Å². The van der Waals surface area contributed by atoms with E-state index in [2.05, 4.69) is 26.2 Å². The monoisotopic (exact) mass is 212 g/mol. The molecule has 0 aromatic rings. The number of rotatable bonds is 8. The van der Waals surface area contributed by atoms with Crippen LogP contribution in [-0.4, -0.2) is 6.04 Å². The van der Waals surface area contributed by atoms with Crippen molar-refractivity contribution < 1.29 is 0 Å². The van der Waals surface area contributed by atoms with E-state index in [4.69, 9.17) is 5.84 Å². The molecule has 1 fully saturated rings. The van der Waals surface area contributed by atoms with Crippen molar-refractivity contribution in [3.63, 3.8) is 0 Å². The van der Waals surface area contributed by atoms with E-state index in [1.165, 1.54) is 44.9 Å². The van der Waals surface area contributed by atoms with E-state index in [0.29, 0.717) is 11.5 Å². The maximum Gasteiger partial charge on any atom is 0.0244 e. The summed E-state index contributed by atoms with van der Waals surface area (Å²) in [4.78, 5) is 0. The van der Waals surface area contributed by atoms with Gasteiger partial charge in [-0.05, 0) is 24.2 Å². The molecule has 90 valence electrons. The maximum absolute atomic E-state index is 5.63. The lowest BCUT2D eigenvalue weighted by molar-refractivity contribution is 0.377. The Balaban J connectivity index is 2.08. The van der Waals surface area contributed by atoms with Gasteiger partial charge in [-0.1, -0.05) is 52.9 Å². The number of nitrogens with one attached hydrogen (secondary N) is 1. The third-order valence-electron chi connectivity index (χ3n) is 3.91. The zero-order valence-corrected chi connectivity index (χ0v) is 10.7. The molecule has 15 heavy (non-hydrogen) atoms. The third kappa shape index (κ3) is 4.12. The molecule has 0 aromatic carbocycles. The molecule has 1 rings (SSSR count). The highest BCUT2D eigenvalue weighted by molar-refractivity contribution is 5.01. The van der Waals surface area contributed by atoms with Crippen LogP contribution < -0.4 is 11.3 Å². The largest absolute Gasteiger partial charge is 0.271 e. The first kappa shape index (κ1) is 13.0. The van der Waals surface area contributed by atoms with Crippen LogP contribution in [0.5, 0.6) is 0 Å². The molecule has 1 aliphatic rings. The summed E-state index contributed by atoms with van der Waals surface area (Å²) in [5.74, 6) is 6.44. The van der Waals surface area contributed by atoms with E-state index in [1.807, 2.05) is 0 Å². The van der Waals surface area contributed by atoms with Crippen LogP contribution in [0, 0.1) is 11.3 Å². The zero-order valence-electron chi connectivity index (χ0n) is 10.7. The second-order valence-electron chi connectivity index (χ2n) is 5.78. The summed E-state index contributed by atoms with van der Waals surface area (Å²) in [6, 6.07) is 0.557. The van der Waals surface area contributed by atoms with Gasteiger partial charge in [-0.25, -0.2) is 0 Å². The highest BCUT2D eigenvalue weighted by atomic mass is 15.2. The lowest BCUT2D eigenvalue weighted by atomic mass is 9.99. The molecule has 2 unspecified atom stereocenters. The first-order valence-electron chi connectivity index (χ1n) is 6.58. The second-order valence-corrected chi connectivity index (χ2v) is 5.78. The van der Waals surface area contributed by atoms with Gasteiger partial charge >= 0.3 is 0 Å². The molecule has 0 amide bonds. The van der Waals surface area contributed by atoms with E-state index >= 15 is 0 Å². The minimum atomic E-state index is 0.542. The fourth-order valence-electron chi connectivity index (χ4n) is 2.56. The summed E-state index contributed by atoms with van der Waals surface area (Å²) >= 11 is 0. The molecule has 0 radical (unpaired) electrons. The first-order chi connectivity index (χ1) is 7.11. The summed E-state index contributed by atoms with van der Waals surface area (Å²) in [5.41, 5.74) is 3.55. The van der Waals surface area contributed by atoms with Crippen LogP contribution in [0.1, 0.15) is 65.7 Å². The summed E-state index contributed by atoms with van der Waals surface area (Å²) in [6.45, 7) is 6.95. The van der Waals surface area contributed by atoms with Gasteiger partial charge in [-0.3, -0.25) is 11.3 Å². The van der Waals surface area contributed by atoms with Crippen molar-refractivity contribution in [2.45, 2.75) is 71.8 Å². The molecule has 2 heteroatoms. The summed E-state index contributed by atoms with van der Waals surface area (Å²) in [6.07, 6.45) is 9.41. The smallest absolute Gasteiger partial charge is 0.0244 e. The molecular weight excluding hydrogens is 184 g/mol.